The molecule has 2 aliphatic rings. The smallest absolute Gasteiger partial charge is 0.419 e. The number of ether oxygens (including phenoxy) is 1. The summed E-state index contributed by atoms with van der Waals surface area (Å²) in [4.78, 5) is 25.5. The fourth-order valence-corrected chi connectivity index (χ4v) is 5.77. The number of halogens is 3. The number of hydrogen-bond acceptors (Lipinski definition) is 7. The lowest BCUT2D eigenvalue weighted by atomic mass is 9.81. The molecule has 2 aromatic carbocycles. The minimum absolute atomic E-state index is 0.0490. The number of nitrogens with zero attached hydrogens (tertiary/aromatic N) is 4. The standard InChI is InChI=1S/C31H36F3N5O2/c1-5-41-26-18-22(39-15-13-38(4)14-16-39)10-12-25(26)37-29-35-19-23(31(32,33)34)24(36-29)11-9-20-7-6-8-21-17-27(40)30(2,3)28(20)21/h6-8,10,12,18-19H,5,9,11,13-17H2,1-4H3,(H,35,36,37). The molecule has 1 saturated heterocycles. The summed E-state index contributed by atoms with van der Waals surface area (Å²) in [6.45, 7) is 9.80. The fourth-order valence-electron chi connectivity index (χ4n) is 5.77. The summed E-state index contributed by atoms with van der Waals surface area (Å²) >= 11 is 0. The molecule has 1 aliphatic heterocycles. The molecule has 0 radical (unpaired) electrons. The number of aromatic nitrogens is 2. The molecule has 41 heavy (non-hydrogen) atoms. The maximum atomic E-state index is 14.0. The van der Waals surface area contributed by atoms with Crippen LogP contribution in [0, 0.1) is 0 Å². The highest BCUT2D eigenvalue weighted by atomic mass is 19.4. The van der Waals surface area contributed by atoms with Crippen molar-refractivity contribution >= 4 is 23.1 Å². The number of rotatable bonds is 8. The van der Waals surface area contributed by atoms with Crippen LogP contribution in [0.2, 0.25) is 0 Å². The zero-order valence-electron chi connectivity index (χ0n) is 23.9. The summed E-state index contributed by atoms with van der Waals surface area (Å²) in [7, 11) is 2.10. The molecule has 0 saturated carbocycles. The van der Waals surface area contributed by atoms with Crippen LogP contribution < -0.4 is 15.0 Å². The van der Waals surface area contributed by atoms with Crippen LogP contribution in [0.15, 0.2) is 42.6 Å². The normalized spacial score (nSPS) is 17.0. The van der Waals surface area contributed by atoms with Gasteiger partial charge in [-0.3, -0.25) is 4.79 Å². The first-order valence-electron chi connectivity index (χ1n) is 14.0. The Morgan fingerprint density at radius 2 is 1.83 bits per heavy atom. The van der Waals surface area contributed by atoms with E-state index in [4.69, 9.17) is 4.74 Å². The van der Waals surface area contributed by atoms with Crippen molar-refractivity contribution in [1.29, 1.82) is 0 Å². The van der Waals surface area contributed by atoms with Gasteiger partial charge >= 0.3 is 6.18 Å². The van der Waals surface area contributed by atoms with Crippen LogP contribution >= 0.6 is 0 Å². The second-order valence-corrected chi connectivity index (χ2v) is 11.3. The highest BCUT2D eigenvalue weighted by molar-refractivity contribution is 5.96. The zero-order valence-corrected chi connectivity index (χ0v) is 23.9. The largest absolute Gasteiger partial charge is 0.492 e. The number of carbonyl (C=O) groups excluding carboxylic acids is 1. The van der Waals surface area contributed by atoms with Gasteiger partial charge in [0.25, 0.3) is 0 Å². The second kappa shape index (κ2) is 11.3. The minimum atomic E-state index is -4.59. The maximum Gasteiger partial charge on any atom is 0.419 e. The number of aryl methyl sites for hydroxylation is 2. The van der Waals surface area contributed by atoms with Gasteiger partial charge in [0.2, 0.25) is 5.95 Å². The number of piperazine rings is 1. The van der Waals surface area contributed by atoms with Gasteiger partial charge < -0.3 is 19.9 Å². The van der Waals surface area contributed by atoms with Crippen molar-refractivity contribution in [3.05, 3.63) is 70.5 Å². The molecule has 5 rings (SSSR count). The number of benzene rings is 2. The van der Waals surface area contributed by atoms with Crippen LogP contribution in [0.5, 0.6) is 5.75 Å². The quantitative estimate of drug-likeness (QED) is 0.381. The number of Topliss-reactive ketones (excluding diaryl/α,β-unsaturated/α-hetero) is 1. The van der Waals surface area contributed by atoms with Crippen molar-refractivity contribution in [3.63, 3.8) is 0 Å². The highest BCUT2D eigenvalue weighted by Crippen LogP contribution is 2.39. The maximum absolute atomic E-state index is 14.0. The minimum Gasteiger partial charge on any atom is -0.492 e. The lowest BCUT2D eigenvalue weighted by molar-refractivity contribution is -0.138. The number of alkyl halides is 3. The van der Waals surface area contributed by atoms with Crippen molar-refractivity contribution in [2.45, 2.75) is 51.6 Å². The predicted molar refractivity (Wildman–Crippen MR) is 153 cm³/mol. The van der Waals surface area contributed by atoms with Crippen LogP contribution in [-0.2, 0) is 35.6 Å². The summed E-state index contributed by atoms with van der Waals surface area (Å²) in [6.07, 6.45) is -3.03. The fraction of sp³-hybridized carbons (Fsp3) is 0.452. The van der Waals surface area contributed by atoms with Gasteiger partial charge in [0, 0.05) is 56.0 Å². The topological polar surface area (TPSA) is 70.6 Å². The summed E-state index contributed by atoms with van der Waals surface area (Å²) in [5.41, 5.74) is 2.73. The second-order valence-electron chi connectivity index (χ2n) is 11.3. The molecule has 1 N–H and O–H groups in total. The molecule has 1 aromatic heterocycles. The van der Waals surface area contributed by atoms with Crippen LogP contribution in [-0.4, -0.2) is 60.5 Å². The van der Waals surface area contributed by atoms with E-state index in [-0.39, 0.29) is 23.8 Å². The number of anilines is 3. The van der Waals surface area contributed by atoms with Crippen LogP contribution in [0.3, 0.4) is 0 Å². The molecule has 0 bridgehead atoms. The van der Waals surface area contributed by atoms with Gasteiger partial charge in [-0.15, -0.1) is 0 Å². The van der Waals surface area contributed by atoms with Gasteiger partial charge in [-0.1, -0.05) is 18.2 Å². The van der Waals surface area contributed by atoms with E-state index in [1.54, 1.807) is 0 Å². The predicted octanol–water partition coefficient (Wildman–Crippen LogP) is 5.58. The lowest BCUT2D eigenvalue weighted by Gasteiger charge is -2.34. The number of carbonyl (C=O) groups is 1. The number of nitrogens with one attached hydrogen (secondary N) is 1. The van der Waals surface area contributed by atoms with Crippen LogP contribution in [0.4, 0.5) is 30.5 Å². The molecular formula is C31H36F3N5O2. The van der Waals surface area contributed by atoms with Crippen molar-refractivity contribution in [2.24, 2.45) is 0 Å². The molecule has 0 amide bonds. The number of hydrogen-bond donors (Lipinski definition) is 1. The van der Waals surface area contributed by atoms with E-state index in [0.29, 0.717) is 30.9 Å². The summed E-state index contributed by atoms with van der Waals surface area (Å²) in [5, 5.41) is 3.09. The Kier molecular flexibility index (Phi) is 7.96. The molecule has 218 valence electrons. The first-order chi connectivity index (χ1) is 19.5. The monoisotopic (exact) mass is 567 g/mol. The van der Waals surface area contributed by atoms with Gasteiger partial charge in [-0.05, 0) is 69.5 Å². The summed E-state index contributed by atoms with van der Waals surface area (Å²) < 4.78 is 47.8. The van der Waals surface area contributed by atoms with E-state index >= 15 is 0 Å². The Morgan fingerprint density at radius 3 is 2.54 bits per heavy atom. The molecule has 1 aliphatic carbocycles. The molecular weight excluding hydrogens is 531 g/mol. The van der Waals surface area contributed by atoms with Gasteiger partial charge in [0.1, 0.15) is 11.5 Å². The Morgan fingerprint density at radius 1 is 1.07 bits per heavy atom. The van der Waals surface area contributed by atoms with Gasteiger partial charge in [0.05, 0.1) is 23.6 Å². The first-order valence-corrected chi connectivity index (χ1v) is 14.0. The third-order valence-corrected chi connectivity index (χ3v) is 8.09. The third-order valence-electron chi connectivity index (χ3n) is 8.09. The van der Waals surface area contributed by atoms with Crippen molar-refractivity contribution in [1.82, 2.24) is 14.9 Å². The molecule has 10 heteroatoms. The number of fused-ring (bicyclic) bond motifs is 1. The van der Waals surface area contributed by atoms with E-state index < -0.39 is 17.2 Å². The van der Waals surface area contributed by atoms with Crippen LogP contribution in [0.1, 0.15) is 48.7 Å². The van der Waals surface area contributed by atoms with Gasteiger partial charge in [0.15, 0.2) is 0 Å². The summed E-state index contributed by atoms with van der Waals surface area (Å²) in [5.74, 6) is 0.768. The average molecular weight is 568 g/mol. The molecule has 0 atom stereocenters. The highest BCUT2D eigenvalue weighted by Gasteiger charge is 2.40. The Bertz CT molecular complexity index is 1430. The van der Waals surface area contributed by atoms with E-state index in [1.165, 1.54) is 0 Å². The van der Waals surface area contributed by atoms with E-state index in [2.05, 4.69) is 32.1 Å². The first kappa shape index (κ1) is 28.9. The molecule has 7 nitrogen and oxygen atoms in total. The molecule has 3 aromatic rings. The Hall–Kier alpha value is -3.66. The van der Waals surface area contributed by atoms with Crippen LogP contribution in [0.25, 0.3) is 0 Å². The molecule has 1 fully saturated rings. The molecule has 0 unspecified atom stereocenters. The van der Waals surface area contributed by atoms with Gasteiger partial charge in [-0.2, -0.15) is 13.2 Å². The average Bonchev–Trinajstić information content (AvgIpc) is 3.16. The van der Waals surface area contributed by atoms with Crippen molar-refractivity contribution in [3.8, 4) is 5.75 Å². The molecule has 0 spiro atoms. The van der Waals surface area contributed by atoms with E-state index in [9.17, 15) is 18.0 Å². The Labute approximate surface area is 238 Å². The SMILES string of the molecule is CCOc1cc(N2CCN(C)CC2)ccc1Nc1ncc(C(F)(F)F)c(CCc2cccc3c2C(C)(C)C(=O)C3)n1. The Balaban J connectivity index is 1.41. The lowest BCUT2D eigenvalue weighted by Crippen LogP contribution is -2.44. The van der Waals surface area contributed by atoms with E-state index in [0.717, 1.165) is 54.8 Å². The summed E-state index contributed by atoms with van der Waals surface area (Å²) in [6, 6.07) is 11.4. The zero-order chi connectivity index (χ0) is 29.4. The third kappa shape index (κ3) is 6.02. The number of likely N-dealkylation sites (N-methyl/N-ethyl adjacent to an activating group) is 1. The van der Waals surface area contributed by atoms with Crippen molar-refractivity contribution in [2.75, 3.05) is 50.1 Å². The van der Waals surface area contributed by atoms with Gasteiger partial charge in [-0.25, -0.2) is 9.97 Å². The van der Waals surface area contributed by atoms with E-state index in [1.807, 2.05) is 57.2 Å². The molecule has 2 heterocycles. The number of ketones is 1. The van der Waals surface area contributed by atoms with Crippen molar-refractivity contribution < 1.29 is 22.7 Å².